The number of hydrogen-bond donors (Lipinski definition) is 0. The summed E-state index contributed by atoms with van der Waals surface area (Å²) in [5.74, 6) is 0.0309. The fourth-order valence-corrected chi connectivity index (χ4v) is 2.94. The van der Waals surface area contributed by atoms with Gasteiger partial charge in [0.05, 0.1) is 22.8 Å². The Morgan fingerprint density at radius 2 is 2.00 bits per heavy atom. The first kappa shape index (κ1) is 16.1. The molecule has 5 heteroatoms. The molecule has 0 fully saturated rings. The Balaban J connectivity index is 2.33. The molecule has 3 nitrogen and oxygen atoms in total. The number of hydrogen-bond acceptors (Lipinski definition) is 2. The van der Waals surface area contributed by atoms with E-state index in [-0.39, 0.29) is 12.2 Å². The molecule has 1 heterocycles. The molecule has 0 bridgehead atoms. The summed E-state index contributed by atoms with van der Waals surface area (Å²) in [4.78, 5) is 12.5. The van der Waals surface area contributed by atoms with Crippen LogP contribution in [0.3, 0.4) is 0 Å². The van der Waals surface area contributed by atoms with Crippen LogP contribution in [-0.2, 0) is 19.4 Å². The first-order valence-corrected chi connectivity index (χ1v) is 7.76. The summed E-state index contributed by atoms with van der Waals surface area (Å²) in [7, 11) is 0. The largest absolute Gasteiger partial charge is 0.294 e. The van der Waals surface area contributed by atoms with Crippen molar-refractivity contribution in [2.45, 2.75) is 40.2 Å². The summed E-state index contributed by atoms with van der Waals surface area (Å²) in [6.07, 6.45) is 1.01. The van der Waals surface area contributed by atoms with Crippen LogP contribution in [0.4, 0.5) is 0 Å². The number of halogens is 2. The molecule has 0 saturated carbocycles. The zero-order chi connectivity index (χ0) is 15.6. The molecule has 0 aliphatic heterocycles. The number of nitrogens with zero attached hydrogens (tertiary/aromatic N) is 2. The number of Topliss-reactive ketones (excluding diaryl/α,β-unsaturated/α-hetero) is 1. The zero-order valence-electron chi connectivity index (χ0n) is 12.4. The van der Waals surface area contributed by atoms with E-state index in [4.69, 9.17) is 23.2 Å². The van der Waals surface area contributed by atoms with Crippen molar-refractivity contribution in [3.63, 3.8) is 0 Å². The van der Waals surface area contributed by atoms with Crippen molar-refractivity contribution in [3.05, 3.63) is 50.8 Å². The number of aryl methyl sites for hydroxylation is 3. The van der Waals surface area contributed by atoms with Gasteiger partial charge in [0, 0.05) is 17.1 Å². The summed E-state index contributed by atoms with van der Waals surface area (Å²) in [5.41, 5.74) is 3.18. The third-order valence-corrected chi connectivity index (χ3v) is 4.18. The predicted molar refractivity (Wildman–Crippen MR) is 86.5 cm³/mol. The number of ketones is 1. The van der Waals surface area contributed by atoms with E-state index in [0.717, 1.165) is 23.4 Å². The van der Waals surface area contributed by atoms with Crippen LogP contribution in [0.25, 0.3) is 0 Å². The average Bonchev–Trinajstić information content (AvgIpc) is 2.75. The minimum Gasteiger partial charge on any atom is -0.294 e. The molecule has 2 aromatic rings. The maximum absolute atomic E-state index is 12.5. The Bertz CT molecular complexity index is 677. The molecule has 0 aliphatic carbocycles. The third-order valence-electron chi connectivity index (χ3n) is 3.51. The molecular weight excluding hydrogens is 307 g/mol. The molecule has 2 rings (SSSR count). The van der Waals surface area contributed by atoms with Gasteiger partial charge in [0.15, 0.2) is 5.78 Å². The maximum atomic E-state index is 12.5. The van der Waals surface area contributed by atoms with Crippen LogP contribution in [-0.4, -0.2) is 15.6 Å². The molecule has 0 spiro atoms. The number of aromatic nitrogens is 2. The van der Waals surface area contributed by atoms with E-state index >= 15 is 0 Å². The Labute approximate surface area is 134 Å². The van der Waals surface area contributed by atoms with Crippen molar-refractivity contribution in [2.24, 2.45) is 0 Å². The van der Waals surface area contributed by atoms with Crippen molar-refractivity contribution in [2.75, 3.05) is 0 Å². The van der Waals surface area contributed by atoms with Gasteiger partial charge < -0.3 is 0 Å². The minimum absolute atomic E-state index is 0.0309. The SMILES string of the molecule is CCc1nn(CC)c(CC(=O)c2ccc(Cl)cc2C)c1Cl. The highest BCUT2D eigenvalue weighted by Crippen LogP contribution is 2.24. The summed E-state index contributed by atoms with van der Waals surface area (Å²) in [6, 6.07) is 5.30. The summed E-state index contributed by atoms with van der Waals surface area (Å²) in [5, 5.41) is 5.69. The quantitative estimate of drug-likeness (QED) is 0.758. The normalized spacial score (nSPS) is 10.9. The topological polar surface area (TPSA) is 34.9 Å². The van der Waals surface area contributed by atoms with Crippen LogP contribution in [0.2, 0.25) is 10.0 Å². The average molecular weight is 325 g/mol. The van der Waals surface area contributed by atoms with Gasteiger partial charge in [-0.3, -0.25) is 9.48 Å². The van der Waals surface area contributed by atoms with E-state index < -0.39 is 0 Å². The Hall–Kier alpha value is -1.32. The van der Waals surface area contributed by atoms with E-state index in [1.807, 2.05) is 25.5 Å². The van der Waals surface area contributed by atoms with Gasteiger partial charge in [0.2, 0.25) is 0 Å². The van der Waals surface area contributed by atoms with E-state index in [0.29, 0.717) is 22.2 Å². The van der Waals surface area contributed by atoms with E-state index in [2.05, 4.69) is 5.10 Å². The molecule has 0 amide bonds. The van der Waals surface area contributed by atoms with Crippen molar-refractivity contribution < 1.29 is 4.79 Å². The van der Waals surface area contributed by atoms with Crippen molar-refractivity contribution in [1.82, 2.24) is 9.78 Å². The molecule has 1 aromatic carbocycles. The van der Waals surface area contributed by atoms with Crippen LogP contribution in [0.5, 0.6) is 0 Å². The predicted octanol–water partition coefficient (Wildman–Crippen LogP) is 4.51. The van der Waals surface area contributed by atoms with Crippen molar-refractivity contribution >= 4 is 29.0 Å². The Morgan fingerprint density at radius 1 is 1.29 bits per heavy atom. The minimum atomic E-state index is 0.0309. The molecule has 21 heavy (non-hydrogen) atoms. The van der Waals surface area contributed by atoms with E-state index in [1.165, 1.54) is 0 Å². The van der Waals surface area contributed by atoms with Gasteiger partial charge in [-0.2, -0.15) is 5.10 Å². The Kier molecular flexibility index (Phi) is 5.07. The van der Waals surface area contributed by atoms with Crippen molar-refractivity contribution in [1.29, 1.82) is 0 Å². The third kappa shape index (κ3) is 3.30. The van der Waals surface area contributed by atoms with Crippen LogP contribution in [0.1, 0.15) is 41.2 Å². The molecule has 0 radical (unpaired) electrons. The molecule has 0 aliphatic rings. The lowest BCUT2D eigenvalue weighted by Gasteiger charge is -2.07. The van der Waals surface area contributed by atoms with Gasteiger partial charge >= 0.3 is 0 Å². The second kappa shape index (κ2) is 6.63. The van der Waals surface area contributed by atoms with Crippen molar-refractivity contribution in [3.8, 4) is 0 Å². The number of carbonyl (C=O) groups is 1. The fraction of sp³-hybridized carbons (Fsp3) is 0.375. The number of benzene rings is 1. The highest BCUT2D eigenvalue weighted by molar-refractivity contribution is 6.32. The highest BCUT2D eigenvalue weighted by Gasteiger charge is 2.19. The van der Waals surface area contributed by atoms with Crippen LogP contribution in [0, 0.1) is 6.92 Å². The molecule has 1 aromatic heterocycles. The van der Waals surface area contributed by atoms with Gasteiger partial charge in [-0.05, 0) is 44.0 Å². The van der Waals surface area contributed by atoms with Crippen LogP contribution in [0.15, 0.2) is 18.2 Å². The summed E-state index contributed by atoms with van der Waals surface area (Å²) >= 11 is 12.3. The molecule has 0 N–H and O–H groups in total. The molecule has 0 saturated heterocycles. The van der Waals surface area contributed by atoms with Gasteiger partial charge in [0.1, 0.15) is 0 Å². The molecule has 0 atom stereocenters. The number of rotatable bonds is 5. The lowest BCUT2D eigenvalue weighted by atomic mass is 10.0. The molecule has 0 unspecified atom stereocenters. The second-order valence-corrected chi connectivity index (χ2v) is 5.75. The second-order valence-electron chi connectivity index (χ2n) is 4.94. The monoisotopic (exact) mass is 324 g/mol. The van der Waals surface area contributed by atoms with Gasteiger partial charge in [-0.25, -0.2) is 0 Å². The molecule has 112 valence electrons. The van der Waals surface area contributed by atoms with Gasteiger partial charge in [-0.15, -0.1) is 0 Å². The number of carbonyl (C=O) groups excluding carboxylic acids is 1. The lowest BCUT2D eigenvalue weighted by Crippen LogP contribution is -2.11. The fourth-order valence-electron chi connectivity index (χ4n) is 2.37. The van der Waals surface area contributed by atoms with E-state index in [1.54, 1.807) is 18.2 Å². The van der Waals surface area contributed by atoms with Crippen LogP contribution < -0.4 is 0 Å². The van der Waals surface area contributed by atoms with Crippen LogP contribution >= 0.6 is 23.2 Å². The molecular formula is C16H18Cl2N2O. The lowest BCUT2D eigenvalue weighted by molar-refractivity contribution is 0.0990. The maximum Gasteiger partial charge on any atom is 0.169 e. The van der Waals surface area contributed by atoms with E-state index in [9.17, 15) is 4.79 Å². The Morgan fingerprint density at radius 3 is 2.57 bits per heavy atom. The summed E-state index contributed by atoms with van der Waals surface area (Å²) in [6.45, 7) is 6.57. The van der Waals surface area contributed by atoms with Gasteiger partial charge in [-0.1, -0.05) is 30.1 Å². The summed E-state index contributed by atoms with van der Waals surface area (Å²) < 4.78 is 1.81. The smallest absolute Gasteiger partial charge is 0.169 e. The standard InChI is InChI=1S/C16H18Cl2N2O/c1-4-13-16(18)14(20(5-2)19-13)9-15(21)12-7-6-11(17)8-10(12)3/h6-8H,4-5,9H2,1-3H3. The first-order chi connectivity index (χ1) is 9.97. The zero-order valence-corrected chi connectivity index (χ0v) is 13.9. The first-order valence-electron chi connectivity index (χ1n) is 7.01. The van der Waals surface area contributed by atoms with Gasteiger partial charge in [0.25, 0.3) is 0 Å². The highest BCUT2D eigenvalue weighted by atomic mass is 35.5.